The molecule has 1 unspecified atom stereocenters. The zero-order valence-electron chi connectivity index (χ0n) is 21.9. The fourth-order valence-electron chi connectivity index (χ4n) is 3.44. The summed E-state index contributed by atoms with van der Waals surface area (Å²) in [6.45, 7) is 7.86. The van der Waals surface area contributed by atoms with E-state index in [1.165, 1.54) is 6.33 Å². The highest BCUT2D eigenvalue weighted by Gasteiger charge is 2.28. The van der Waals surface area contributed by atoms with Crippen molar-refractivity contribution in [3.05, 3.63) is 43.0 Å². The van der Waals surface area contributed by atoms with Gasteiger partial charge in [-0.05, 0) is 31.9 Å². The monoisotopic (exact) mass is 534 g/mol. The van der Waals surface area contributed by atoms with E-state index in [4.69, 9.17) is 24.5 Å². The molecule has 0 amide bonds. The Morgan fingerprint density at radius 1 is 1.03 bits per heavy atom. The molecular formula is C25H39N6O5P. The van der Waals surface area contributed by atoms with Crippen LogP contribution in [0.15, 0.2) is 43.0 Å². The lowest BCUT2D eigenvalue weighted by Crippen LogP contribution is -2.33. The molecule has 0 saturated heterocycles. The van der Waals surface area contributed by atoms with E-state index in [9.17, 15) is 4.57 Å². The number of rotatable bonds is 18. The van der Waals surface area contributed by atoms with Crippen LogP contribution in [0.4, 0.5) is 5.82 Å². The predicted octanol–water partition coefficient (Wildman–Crippen LogP) is 4.59. The number of nitrogens with one attached hydrogen (secondary N) is 1. The van der Waals surface area contributed by atoms with E-state index in [0.29, 0.717) is 42.5 Å². The van der Waals surface area contributed by atoms with E-state index in [2.05, 4.69) is 33.9 Å². The highest BCUT2D eigenvalue weighted by Crippen LogP contribution is 2.43. The number of nitrogens with zero attached hydrogens (tertiary/aromatic N) is 4. The van der Waals surface area contributed by atoms with Crippen LogP contribution in [0.25, 0.3) is 11.2 Å². The molecule has 0 aliphatic rings. The molecular weight excluding hydrogens is 495 g/mol. The van der Waals surface area contributed by atoms with Gasteiger partial charge >= 0.3 is 7.52 Å². The topological polar surface area (TPSA) is 136 Å². The summed E-state index contributed by atoms with van der Waals surface area (Å²) in [6.07, 6.45) is 5.91. The first-order chi connectivity index (χ1) is 17.9. The highest BCUT2D eigenvalue weighted by atomic mass is 31.2. The number of benzene rings is 1. The first-order valence-electron chi connectivity index (χ1n) is 12.8. The van der Waals surface area contributed by atoms with Crippen LogP contribution in [0, 0.1) is 0 Å². The third-order valence-electron chi connectivity index (χ3n) is 5.51. The lowest BCUT2D eigenvalue weighted by Gasteiger charge is -2.25. The molecule has 0 aliphatic heterocycles. The van der Waals surface area contributed by atoms with Crippen LogP contribution in [-0.2, 0) is 25.3 Å². The smallest absolute Gasteiger partial charge is 0.342 e. The fourth-order valence-corrected chi connectivity index (χ4v) is 4.99. The van der Waals surface area contributed by atoms with Crippen LogP contribution < -0.4 is 15.3 Å². The first kappa shape index (κ1) is 29.0. The number of ether oxygens (including phenoxy) is 3. The maximum Gasteiger partial charge on any atom is 0.342 e. The Hall–Kier alpha value is -2.56. The van der Waals surface area contributed by atoms with Crippen molar-refractivity contribution >= 4 is 24.5 Å². The molecule has 0 fully saturated rings. The van der Waals surface area contributed by atoms with Crippen molar-refractivity contribution in [1.82, 2.24) is 24.6 Å². The van der Waals surface area contributed by atoms with Gasteiger partial charge < -0.3 is 29.0 Å². The molecule has 2 atom stereocenters. The van der Waals surface area contributed by atoms with E-state index in [1.54, 1.807) is 18.5 Å². The molecule has 204 valence electrons. The summed E-state index contributed by atoms with van der Waals surface area (Å²) in [5.41, 5.74) is 7.03. The van der Waals surface area contributed by atoms with E-state index in [0.717, 1.165) is 25.7 Å². The van der Waals surface area contributed by atoms with Gasteiger partial charge in [-0.2, -0.15) is 0 Å². The molecule has 0 saturated carbocycles. The summed E-state index contributed by atoms with van der Waals surface area (Å²) in [5, 5.41) is 3.05. The minimum atomic E-state index is -3.48. The van der Waals surface area contributed by atoms with E-state index < -0.39 is 13.8 Å². The van der Waals surface area contributed by atoms with Crippen molar-refractivity contribution in [3.63, 3.8) is 0 Å². The molecule has 3 aromatic rings. The van der Waals surface area contributed by atoms with Crippen LogP contribution in [0.2, 0.25) is 0 Å². The number of fused-ring (bicyclic) bond motifs is 1. The van der Waals surface area contributed by atoms with E-state index in [-0.39, 0.29) is 19.0 Å². The van der Waals surface area contributed by atoms with Gasteiger partial charge in [-0.25, -0.2) is 20.0 Å². The van der Waals surface area contributed by atoms with Crippen LogP contribution in [0.3, 0.4) is 0 Å². The Balaban J connectivity index is 1.65. The average Bonchev–Trinajstić information content (AvgIpc) is 3.30. The minimum Gasteiger partial charge on any atom is -0.431 e. The second-order valence-corrected chi connectivity index (χ2v) is 10.9. The number of nitrogens with two attached hydrogens (primary N) is 1. The molecule has 2 aromatic heterocycles. The SMILES string of the molecule is CCCCOC(CNP(=O)(CO[C@H](C)Cn1cnc2c(N)ncnc21)Oc1ccccc1)OCCCC. The van der Waals surface area contributed by atoms with Crippen molar-refractivity contribution < 1.29 is 23.3 Å². The van der Waals surface area contributed by atoms with Crippen molar-refractivity contribution in [3.8, 4) is 5.75 Å². The maximum absolute atomic E-state index is 13.9. The van der Waals surface area contributed by atoms with Crippen molar-refractivity contribution in [2.75, 3.05) is 31.8 Å². The summed E-state index contributed by atoms with van der Waals surface area (Å²) in [6, 6.07) is 9.03. The van der Waals surface area contributed by atoms with E-state index >= 15 is 0 Å². The predicted molar refractivity (Wildman–Crippen MR) is 143 cm³/mol. The molecule has 0 aliphatic carbocycles. The molecule has 11 nitrogen and oxygen atoms in total. The van der Waals surface area contributed by atoms with Gasteiger partial charge in [0.05, 0.1) is 25.5 Å². The summed E-state index contributed by atoms with van der Waals surface area (Å²) in [5.74, 6) is 0.803. The summed E-state index contributed by atoms with van der Waals surface area (Å²) in [4.78, 5) is 12.5. The zero-order chi connectivity index (χ0) is 26.5. The van der Waals surface area contributed by atoms with Gasteiger partial charge in [-0.15, -0.1) is 0 Å². The maximum atomic E-state index is 13.9. The van der Waals surface area contributed by atoms with Gasteiger partial charge in [0.25, 0.3) is 0 Å². The van der Waals surface area contributed by atoms with Gasteiger partial charge in [0.1, 0.15) is 23.9 Å². The Labute approximate surface area is 218 Å². The average molecular weight is 535 g/mol. The molecule has 0 radical (unpaired) electrons. The zero-order valence-corrected chi connectivity index (χ0v) is 22.8. The lowest BCUT2D eigenvalue weighted by molar-refractivity contribution is -0.138. The molecule has 12 heteroatoms. The van der Waals surface area contributed by atoms with E-state index in [1.807, 2.05) is 29.7 Å². The molecule has 2 heterocycles. The highest BCUT2D eigenvalue weighted by molar-refractivity contribution is 7.57. The third kappa shape index (κ3) is 9.36. The quantitative estimate of drug-likeness (QED) is 0.135. The Morgan fingerprint density at radius 2 is 1.73 bits per heavy atom. The number of anilines is 1. The number of hydrogen-bond acceptors (Lipinski definition) is 9. The van der Waals surface area contributed by atoms with Crippen LogP contribution in [0.5, 0.6) is 5.75 Å². The normalized spacial score (nSPS) is 14.2. The number of nitrogen functional groups attached to an aromatic ring is 1. The van der Waals surface area contributed by atoms with Crippen LogP contribution in [0.1, 0.15) is 46.5 Å². The van der Waals surface area contributed by atoms with Gasteiger partial charge in [0.15, 0.2) is 17.8 Å². The molecule has 0 spiro atoms. The number of para-hydroxylation sites is 1. The molecule has 1 aromatic carbocycles. The van der Waals surface area contributed by atoms with Gasteiger partial charge in [0.2, 0.25) is 0 Å². The number of aromatic nitrogens is 4. The van der Waals surface area contributed by atoms with Crippen LogP contribution in [-0.4, -0.2) is 58.0 Å². The van der Waals surface area contributed by atoms with Gasteiger partial charge in [-0.3, -0.25) is 4.57 Å². The Kier molecular flexibility index (Phi) is 11.8. The summed E-state index contributed by atoms with van der Waals surface area (Å²) in [7, 11) is -3.48. The van der Waals surface area contributed by atoms with Gasteiger partial charge in [-0.1, -0.05) is 44.9 Å². The minimum absolute atomic E-state index is 0.149. The van der Waals surface area contributed by atoms with Crippen molar-refractivity contribution in [1.29, 1.82) is 0 Å². The third-order valence-corrected chi connectivity index (χ3v) is 7.17. The summed E-state index contributed by atoms with van der Waals surface area (Å²) >= 11 is 0. The van der Waals surface area contributed by atoms with Crippen LogP contribution >= 0.6 is 7.52 Å². The lowest BCUT2D eigenvalue weighted by atomic mass is 10.3. The second kappa shape index (κ2) is 15.0. The summed E-state index contributed by atoms with van der Waals surface area (Å²) < 4.78 is 39.4. The van der Waals surface area contributed by atoms with Crippen molar-refractivity contribution in [2.24, 2.45) is 0 Å². The molecule has 37 heavy (non-hydrogen) atoms. The van der Waals surface area contributed by atoms with Gasteiger partial charge in [0, 0.05) is 13.2 Å². The Bertz CT molecular complexity index is 1110. The Morgan fingerprint density at radius 3 is 2.41 bits per heavy atom. The van der Waals surface area contributed by atoms with Crippen molar-refractivity contribution in [2.45, 2.75) is 65.4 Å². The standard InChI is InChI=1S/C25H39N6O5P/c1-4-6-13-33-22(34-14-7-5-2)15-30-37(32,36-21-11-9-8-10-12-21)19-35-20(3)16-31-18-29-23-24(26)27-17-28-25(23)31/h8-12,17-18,20,22H,4-7,13-16,19H2,1-3H3,(H,30,32)(H2,26,27,28)/t20-,37?/m1/s1. The second-order valence-electron chi connectivity index (χ2n) is 8.75. The first-order valence-corrected chi connectivity index (χ1v) is 14.6. The molecule has 3 rings (SSSR count). The number of imidazole rings is 1. The molecule has 0 bridgehead atoms. The number of hydrogen-bond donors (Lipinski definition) is 2. The molecule has 3 N–H and O–H groups in total. The fraction of sp³-hybridized carbons (Fsp3) is 0.560. The largest absolute Gasteiger partial charge is 0.431 e. The number of unbranched alkanes of at least 4 members (excludes halogenated alkanes) is 2.